The van der Waals surface area contributed by atoms with E-state index in [-0.39, 0.29) is 5.75 Å². The summed E-state index contributed by atoms with van der Waals surface area (Å²) in [7, 11) is 0. The van der Waals surface area contributed by atoms with E-state index in [1.807, 2.05) is 36.4 Å². The first-order valence-electron chi connectivity index (χ1n) is 6.05. The van der Waals surface area contributed by atoms with Crippen LogP contribution in [0, 0.1) is 0 Å². The maximum atomic E-state index is 9.95. The molecule has 0 amide bonds. The molecule has 18 heavy (non-hydrogen) atoms. The fourth-order valence-corrected chi connectivity index (χ4v) is 2.07. The van der Waals surface area contributed by atoms with E-state index in [0.717, 1.165) is 23.0 Å². The maximum absolute atomic E-state index is 9.95. The van der Waals surface area contributed by atoms with E-state index in [1.54, 1.807) is 6.07 Å². The average molecular weight is 238 g/mol. The first-order chi connectivity index (χ1) is 8.78. The van der Waals surface area contributed by atoms with Crippen molar-refractivity contribution in [3.05, 3.63) is 48.0 Å². The zero-order chi connectivity index (χ0) is 12.5. The van der Waals surface area contributed by atoms with E-state index >= 15 is 0 Å². The highest BCUT2D eigenvalue weighted by atomic mass is 16.3. The molecule has 1 heterocycles. The Kier molecular flexibility index (Phi) is 2.52. The van der Waals surface area contributed by atoms with E-state index < -0.39 is 0 Å². The van der Waals surface area contributed by atoms with E-state index in [9.17, 15) is 5.11 Å². The van der Waals surface area contributed by atoms with Gasteiger partial charge in [-0.3, -0.25) is 0 Å². The van der Waals surface area contributed by atoms with Gasteiger partial charge < -0.3 is 10.1 Å². The lowest BCUT2D eigenvalue weighted by atomic mass is 10.1. The number of hydrogen-bond acceptors (Lipinski definition) is 2. The number of imidazole rings is 1. The Bertz CT molecular complexity index is 668. The third-order valence-electron chi connectivity index (χ3n) is 3.11. The summed E-state index contributed by atoms with van der Waals surface area (Å²) in [5.74, 6) is 0.968. The van der Waals surface area contributed by atoms with Gasteiger partial charge in [0.15, 0.2) is 0 Å². The highest BCUT2D eigenvalue weighted by molar-refractivity contribution is 5.80. The molecule has 0 bridgehead atoms. The van der Waals surface area contributed by atoms with Gasteiger partial charge >= 0.3 is 0 Å². The van der Waals surface area contributed by atoms with Crippen molar-refractivity contribution in [2.75, 3.05) is 0 Å². The number of nitrogens with zero attached hydrogens (tertiary/aromatic N) is 1. The van der Waals surface area contributed by atoms with E-state index in [4.69, 9.17) is 0 Å². The zero-order valence-electron chi connectivity index (χ0n) is 10.1. The van der Waals surface area contributed by atoms with Crippen LogP contribution in [-0.2, 0) is 6.42 Å². The third-order valence-corrected chi connectivity index (χ3v) is 3.11. The highest BCUT2D eigenvalue weighted by Gasteiger charge is 2.09. The van der Waals surface area contributed by atoms with Crippen LogP contribution in [0.5, 0.6) is 5.75 Å². The van der Waals surface area contributed by atoms with Crippen LogP contribution in [0.3, 0.4) is 0 Å². The van der Waals surface area contributed by atoms with Gasteiger partial charge in [0.2, 0.25) is 0 Å². The molecule has 0 radical (unpaired) electrons. The van der Waals surface area contributed by atoms with Crippen molar-refractivity contribution in [3.8, 4) is 17.1 Å². The fourth-order valence-electron chi connectivity index (χ4n) is 2.07. The molecule has 3 nitrogen and oxygen atoms in total. The lowest BCUT2D eigenvalue weighted by Gasteiger charge is -2.03. The molecule has 0 atom stereocenters. The summed E-state index contributed by atoms with van der Waals surface area (Å²) in [6, 6.07) is 13.5. The van der Waals surface area contributed by atoms with Gasteiger partial charge in [0.25, 0.3) is 0 Å². The minimum Gasteiger partial charge on any atom is -0.507 e. The number of aromatic amines is 1. The Morgan fingerprint density at radius 3 is 2.78 bits per heavy atom. The summed E-state index contributed by atoms with van der Waals surface area (Å²) < 4.78 is 0. The van der Waals surface area contributed by atoms with Crippen LogP contribution in [0.2, 0.25) is 0 Å². The maximum Gasteiger partial charge on any atom is 0.142 e. The minimum atomic E-state index is 0.256. The van der Waals surface area contributed by atoms with Gasteiger partial charge in [-0.15, -0.1) is 0 Å². The van der Waals surface area contributed by atoms with Crippen LogP contribution in [-0.4, -0.2) is 15.1 Å². The summed E-state index contributed by atoms with van der Waals surface area (Å²) >= 11 is 0. The van der Waals surface area contributed by atoms with E-state index in [1.165, 1.54) is 5.56 Å². The zero-order valence-corrected chi connectivity index (χ0v) is 10.1. The predicted octanol–water partition coefficient (Wildman–Crippen LogP) is 3.50. The van der Waals surface area contributed by atoms with Gasteiger partial charge in [0, 0.05) is 0 Å². The molecule has 0 aliphatic carbocycles. The molecule has 0 aliphatic heterocycles. The number of benzene rings is 2. The molecule has 2 aromatic carbocycles. The molecule has 3 heteroatoms. The molecule has 0 unspecified atom stereocenters. The number of hydrogen-bond donors (Lipinski definition) is 2. The quantitative estimate of drug-likeness (QED) is 0.717. The lowest BCUT2D eigenvalue weighted by molar-refractivity contribution is 0.477. The second-order valence-electron chi connectivity index (χ2n) is 4.31. The van der Waals surface area contributed by atoms with Crippen molar-refractivity contribution >= 4 is 11.0 Å². The number of para-hydroxylation sites is 2. The van der Waals surface area contributed by atoms with Gasteiger partial charge in [-0.25, -0.2) is 4.98 Å². The van der Waals surface area contributed by atoms with Crippen molar-refractivity contribution in [3.63, 3.8) is 0 Å². The number of phenolic OH excluding ortho intramolecular Hbond substituents is 1. The molecule has 90 valence electrons. The molecule has 0 spiro atoms. The molecule has 0 saturated carbocycles. The van der Waals surface area contributed by atoms with E-state index in [2.05, 4.69) is 16.9 Å². The second kappa shape index (κ2) is 4.18. The molecule has 3 aromatic rings. The molecule has 0 aliphatic rings. The average Bonchev–Trinajstić information content (AvgIpc) is 2.82. The minimum absolute atomic E-state index is 0.256. The van der Waals surface area contributed by atoms with Crippen molar-refractivity contribution < 1.29 is 5.11 Å². The Hall–Kier alpha value is -2.29. The van der Waals surface area contributed by atoms with Gasteiger partial charge in [-0.1, -0.05) is 25.1 Å². The summed E-state index contributed by atoms with van der Waals surface area (Å²) in [4.78, 5) is 7.74. The molecule has 2 N–H and O–H groups in total. The Morgan fingerprint density at radius 2 is 2.00 bits per heavy atom. The molecule has 3 rings (SSSR count). The van der Waals surface area contributed by atoms with Crippen molar-refractivity contribution in [1.82, 2.24) is 9.97 Å². The van der Waals surface area contributed by atoms with Crippen LogP contribution in [0.4, 0.5) is 0 Å². The van der Waals surface area contributed by atoms with E-state index in [0.29, 0.717) is 5.82 Å². The summed E-state index contributed by atoms with van der Waals surface area (Å²) in [5, 5.41) is 9.95. The summed E-state index contributed by atoms with van der Waals surface area (Å²) in [6.07, 6.45) is 0.938. The fraction of sp³-hybridized carbons (Fsp3) is 0.133. The third kappa shape index (κ3) is 1.74. The first-order valence-corrected chi connectivity index (χ1v) is 6.05. The number of aromatic nitrogens is 2. The number of H-pyrrole nitrogens is 1. The van der Waals surface area contributed by atoms with Gasteiger partial charge in [0.05, 0.1) is 16.6 Å². The van der Waals surface area contributed by atoms with Crippen LogP contribution in [0.1, 0.15) is 12.5 Å². The Morgan fingerprint density at radius 1 is 1.17 bits per heavy atom. The van der Waals surface area contributed by atoms with Crippen molar-refractivity contribution in [1.29, 1.82) is 0 Å². The smallest absolute Gasteiger partial charge is 0.142 e. The molecular formula is C15H14N2O. The monoisotopic (exact) mass is 238 g/mol. The van der Waals surface area contributed by atoms with Crippen LogP contribution < -0.4 is 0 Å². The van der Waals surface area contributed by atoms with Gasteiger partial charge in [0.1, 0.15) is 11.6 Å². The Balaban J connectivity index is 2.19. The number of fused-ring (bicyclic) bond motifs is 1. The summed E-state index contributed by atoms with van der Waals surface area (Å²) in [5.41, 5.74) is 3.83. The first kappa shape index (κ1) is 10.8. The van der Waals surface area contributed by atoms with Crippen LogP contribution in [0.15, 0.2) is 42.5 Å². The van der Waals surface area contributed by atoms with Gasteiger partial charge in [-0.2, -0.15) is 0 Å². The molecule has 0 fully saturated rings. The van der Waals surface area contributed by atoms with Crippen molar-refractivity contribution in [2.45, 2.75) is 13.3 Å². The van der Waals surface area contributed by atoms with Gasteiger partial charge in [-0.05, 0) is 36.2 Å². The summed E-state index contributed by atoms with van der Waals surface area (Å²) in [6.45, 7) is 2.09. The number of aryl methyl sites for hydroxylation is 1. The topological polar surface area (TPSA) is 48.9 Å². The van der Waals surface area contributed by atoms with Crippen LogP contribution in [0.25, 0.3) is 22.4 Å². The standard InChI is InChI=1S/C15H14N2O/c1-2-10-7-8-14(18)11(9-10)15-16-12-5-3-4-6-13(12)17-15/h3-9,18H,2H2,1H3,(H,16,17). The molecule has 0 saturated heterocycles. The Labute approximate surface area is 105 Å². The molecular weight excluding hydrogens is 224 g/mol. The lowest BCUT2D eigenvalue weighted by Crippen LogP contribution is -1.85. The van der Waals surface area contributed by atoms with Crippen molar-refractivity contribution in [2.24, 2.45) is 0 Å². The van der Waals surface area contributed by atoms with Crippen LogP contribution >= 0.6 is 0 Å². The number of nitrogens with one attached hydrogen (secondary N) is 1. The molecule has 1 aromatic heterocycles. The number of rotatable bonds is 2. The SMILES string of the molecule is CCc1ccc(O)c(-c2nc3ccccc3[nH]2)c1. The predicted molar refractivity (Wildman–Crippen MR) is 72.6 cm³/mol. The number of aromatic hydroxyl groups is 1. The normalized spacial score (nSPS) is 10.9. The number of phenols is 1. The second-order valence-corrected chi connectivity index (χ2v) is 4.31. The highest BCUT2D eigenvalue weighted by Crippen LogP contribution is 2.29. The largest absolute Gasteiger partial charge is 0.507 e.